The van der Waals surface area contributed by atoms with Gasteiger partial charge in [0, 0.05) is 37.3 Å². The lowest BCUT2D eigenvalue weighted by atomic mass is 9.78. The summed E-state index contributed by atoms with van der Waals surface area (Å²) in [5.41, 5.74) is 16.2. The van der Waals surface area contributed by atoms with Gasteiger partial charge in [0.05, 0.1) is 11.4 Å². The molecule has 124 valence electrons. The minimum atomic E-state index is 0.296. The van der Waals surface area contributed by atoms with Crippen LogP contribution in [0.25, 0.3) is 0 Å². The summed E-state index contributed by atoms with van der Waals surface area (Å²) in [5, 5.41) is 7.27. The zero-order valence-corrected chi connectivity index (χ0v) is 14.0. The molecule has 1 saturated carbocycles. The summed E-state index contributed by atoms with van der Waals surface area (Å²) in [6, 6.07) is 2.34. The van der Waals surface area contributed by atoms with Crippen LogP contribution in [-0.4, -0.2) is 39.8 Å². The maximum atomic E-state index is 5.89. The lowest BCUT2D eigenvalue weighted by molar-refractivity contribution is 0.345. The first kappa shape index (κ1) is 15.7. The Kier molecular flexibility index (Phi) is 4.21. The molecule has 1 aliphatic rings. The molecule has 0 aliphatic heterocycles. The molecule has 2 aromatic heterocycles. The Bertz CT molecular complexity index is 668. The van der Waals surface area contributed by atoms with Gasteiger partial charge in [-0.2, -0.15) is 10.1 Å². The van der Waals surface area contributed by atoms with Crippen molar-refractivity contribution in [1.29, 1.82) is 0 Å². The van der Waals surface area contributed by atoms with E-state index >= 15 is 0 Å². The van der Waals surface area contributed by atoms with E-state index in [0.717, 1.165) is 48.7 Å². The Morgan fingerprint density at radius 2 is 2.04 bits per heavy atom. The quantitative estimate of drug-likeness (QED) is 0.767. The summed E-state index contributed by atoms with van der Waals surface area (Å²) in [6.45, 7) is 4.93. The molecule has 7 heteroatoms. The summed E-state index contributed by atoms with van der Waals surface area (Å²) in [6.07, 6.45) is 2.87. The van der Waals surface area contributed by atoms with Crippen molar-refractivity contribution in [3.63, 3.8) is 0 Å². The lowest BCUT2D eigenvalue weighted by Gasteiger charge is -2.32. The molecule has 3 rings (SSSR count). The predicted octanol–water partition coefficient (Wildman–Crippen LogP) is 1.28. The Hall–Kier alpha value is -2.15. The lowest BCUT2D eigenvalue weighted by Crippen LogP contribution is -2.35. The van der Waals surface area contributed by atoms with Crippen molar-refractivity contribution in [1.82, 2.24) is 20.2 Å². The van der Waals surface area contributed by atoms with Crippen molar-refractivity contribution >= 4 is 11.8 Å². The zero-order valence-electron chi connectivity index (χ0n) is 14.0. The number of nitrogens with zero attached hydrogens (tertiary/aromatic N) is 4. The number of aromatic amines is 1. The van der Waals surface area contributed by atoms with E-state index in [2.05, 4.69) is 32.0 Å². The molecule has 1 fully saturated rings. The minimum Gasteiger partial charge on any atom is -0.368 e. The van der Waals surface area contributed by atoms with Crippen molar-refractivity contribution in [2.75, 3.05) is 24.2 Å². The summed E-state index contributed by atoms with van der Waals surface area (Å²) in [7, 11) is 2.03. The van der Waals surface area contributed by atoms with Gasteiger partial charge in [-0.05, 0) is 38.7 Å². The van der Waals surface area contributed by atoms with Gasteiger partial charge in [0.25, 0.3) is 0 Å². The summed E-state index contributed by atoms with van der Waals surface area (Å²) in [4.78, 5) is 10.9. The topological polar surface area (TPSA) is 110 Å². The number of rotatable bonds is 5. The average molecular weight is 315 g/mol. The van der Waals surface area contributed by atoms with Crippen LogP contribution in [0.3, 0.4) is 0 Å². The van der Waals surface area contributed by atoms with Gasteiger partial charge in [-0.15, -0.1) is 0 Å². The molecule has 0 radical (unpaired) electrons. The number of anilines is 2. The second-order valence-electron chi connectivity index (χ2n) is 6.52. The SMILES string of the molecule is Cc1n[nH]c(C)c1CCN(C)c1cc(C2CC(N)C2)nc(N)n1. The van der Waals surface area contributed by atoms with E-state index in [1.54, 1.807) is 0 Å². The van der Waals surface area contributed by atoms with Gasteiger partial charge in [-0.25, -0.2) is 4.98 Å². The van der Waals surface area contributed by atoms with Crippen LogP contribution in [0.1, 0.15) is 41.4 Å². The van der Waals surface area contributed by atoms with Gasteiger partial charge in [-0.3, -0.25) is 5.10 Å². The fourth-order valence-electron chi connectivity index (χ4n) is 3.12. The Labute approximate surface area is 136 Å². The van der Waals surface area contributed by atoms with Crippen molar-refractivity contribution < 1.29 is 0 Å². The highest BCUT2D eigenvalue weighted by molar-refractivity contribution is 5.44. The number of aromatic nitrogens is 4. The molecule has 2 heterocycles. The first-order chi connectivity index (χ1) is 10.9. The van der Waals surface area contributed by atoms with Crippen LogP contribution in [0, 0.1) is 13.8 Å². The van der Waals surface area contributed by atoms with Crippen LogP contribution in [0.5, 0.6) is 0 Å². The molecular weight excluding hydrogens is 290 g/mol. The second kappa shape index (κ2) is 6.16. The number of nitrogens with one attached hydrogen (secondary N) is 1. The number of nitrogen functional groups attached to an aromatic ring is 1. The molecule has 0 spiro atoms. The highest BCUT2D eigenvalue weighted by Gasteiger charge is 2.29. The van der Waals surface area contributed by atoms with Crippen LogP contribution < -0.4 is 16.4 Å². The molecule has 0 bridgehead atoms. The summed E-state index contributed by atoms with van der Waals surface area (Å²) in [5.74, 6) is 1.62. The van der Waals surface area contributed by atoms with Gasteiger partial charge in [0.1, 0.15) is 5.82 Å². The molecule has 2 aromatic rings. The largest absolute Gasteiger partial charge is 0.368 e. The van der Waals surface area contributed by atoms with E-state index in [0.29, 0.717) is 17.9 Å². The maximum Gasteiger partial charge on any atom is 0.222 e. The molecule has 0 aromatic carbocycles. The van der Waals surface area contributed by atoms with Crippen LogP contribution >= 0.6 is 0 Å². The third kappa shape index (κ3) is 3.29. The van der Waals surface area contributed by atoms with Gasteiger partial charge in [0.15, 0.2) is 0 Å². The van der Waals surface area contributed by atoms with Gasteiger partial charge >= 0.3 is 0 Å². The van der Waals surface area contributed by atoms with Crippen molar-refractivity contribution in [2.24, 2.45) is 5.73 Å². The number of hydrogen-bond donors (Lipinski definition) is 3. The van der Waals surface area contributed by atoms with Crippen LogP contribution in [0.2, 0.25) is 0 Å². The van der Waals surface area contributed by atoms with Crippen LogP contribution in [0.15, 0.2) is 6.07 Å². The van der Waals surface area contributed by atoms with E-state index in [1.807, 2.05) is 20.0 Å². The van der Waals surface area contributed by atoms with Crippen molar-refractivity contribution in [2.45, 2.75) is 45.1 Å². The van der Waals surface area contributed by atoms with Crippen molar-refractivity contribution in [3.05, 3.63) is 28.7 Å². The van der Waals surface area contributed by atoms with E-state index < -0.39 is 0 Å². The number of H-pyrrole nitrogens is 1. The first-order valence-electron chi connectivity index (χ1n) is 8.05. The molecular formula is C16H25N7. The average Bonchev–Trinajstić information content (AvgIpc) is 2.79. The van der Waals surface area contributed by atoms with Crippen LogP contribution in [-0.2, 0) is 6.42 Å². The fourth-order valence-corrected chi connectivity index (χ4v) is 3.12. The number of hydrogen-bond acceptors (Lipinski definition) is 6. The van der Waals surface area contributed by atoms with Crippen LogP contribution in [0.4, 0.5) is 11.8 Å². The normalized spacial score (nSPS) is 20.3. The molecule has 0 saturated heterocycles. The fraction of sp³-hybridized carbons (Fsp3) is 0.562. The highest BCUT2D eigenvalue weighted by Crippen LogP contribution is 2.35. The Morgan fingerprint density at radius 1 is 1.30 bits per heavy atom. The zero-order chi connectivity index (χ0) is 16.6. The number of nitrogens with two attached hydrogens (primary N) is 2. The molecule has 0 amide bonds. The van der Waals surface area contributed by atoms with E-state index in [4.69, 9.17) is 11.5 Å². The molecule has 7 nitrogen and oxygen atoms in total. The molecule has 5 N–H and O–H groups in total. The number of aryl methyl sites for hydroxylation is 2. The first-order valence-corrected chi connectivity index (χ1v) is 8.05. The standard InChI is InChI=1S/C16H25N7/c1-9-13(10(2)22-21-9)4-5-23(3)15-8-14(19-16(18)20-15)11-6-12(17)7-11/h8,11-12H,4-7,17H2,1-3H3,(H,21,22)(H2,18,19,20). The molecule has 0 atom stereocenters. The van der Waals surface area contributed by atoms with Gasteiger partial charge in [0.2, 0.25) is 5.95 Å². The predicted molar refractivity (Wildman–Crippen MR) is 91.4 cm³/mol. The molecule has 1 aliphatic carbocycles. The van der Waals surface area contributed by atoms with E-state index in [-0.39, 0.29) is 0 Å². The Balaban J connectivity index is 1.70. The summed E-state index contributed by atoms with van der Waals surface area (Å²) < 4.78 is 0. The minimum absolute atomic E-state index is 0.296. The van der Waals surface area contributed by atoms with Crippen molar-refractivity contribution in [3.8, 4) is 0 Å². The third-order valence-electron chi connectivity index (χ3n) is 4.71. The molecule has 0 unspecified atom stereocenters. The molecule has 23 heavy (non-hydrogen) atoms. The second-order valence-corrected chi connectivity index (χ2v) is 6.52. The third-order valence-corrected chi connectivity index (χ3v) is 4.71. The van der Waals surface area contributed by atoms with E-state index in [9.17, 15) is 0 Å². The highest BCUT2D eigenvalue weighted by atomic mass is 15.2. The summed E-state index contributed by atoms with van der Waals surface area (Å²) >= 11 is 0. The Morgan fingerprint density at radius 3 is 2.65 bits per heavy atom. The maximum absolute atomic E-state index is 5.89. The van der Waals surface area contributed by atoms with Gasteiger partial charge < -0.3 is 16.4 Å². The smallest absolute Gasteiger partial charge is 0.222 e. The monoisotopic (exact) mass is 315 g/mol. The van der Waals surface area contributed by atoms with E-state index in [1.165, 1.54) is 5.56 Å². The van der Waals surface area contributed by atoms with Gasteiger partial charge in [-0.1, -0.05) is 0 Å². The number of likely N-dealkylation sites (N-methyl/N-ethyl adjacent to an activating group) is 1.